The fourth-order valence-electron chi connectivity index (χ4n) is 4.48. The molecule has 1 fully saturated rings. The lowest BCUT2D eigenvalue weighted by molar-refractivity contribution is -0.154. The van der Waals surface area contributed by atoms with Crippen molar-refractivity contribution in [3.8, 4) is 0 Å². The molecule has 3 amide bonds. The molecule has 2 aliphatic heterocycles. The Morgan fingerprint density at radius 3 is 2.50 bits per heavy atom. The van der Waals surface area contributed by atoms with Gasteiger partial charge in [-0.3, -0.25) is 9.69 Å². The highest BCUT2D eigenvalue weighted by Crippen LogP contribution is 2.36. The summed E-state index contributed by atoms with van der Waals surface area (Å²) in [5.41, 5.74) is 2.83. The molecule has 0 spiro atoms. The van der Waals surface area contributed by atoms with E-state index >= 15 is 0 Å². The Balaban J connectivity index is 1.50. The predicted molar refractivity (Wildman–Crippen MR) is 129 cm³/mol. The first-order chi connectivity index (χ1) is 15.2. The lowest BCUT2D eigenvalue weighted by atomic mass is 9.82. The van der Waals surface area contributed by atoms with Crippen molar-refractivity contribution in [1.82, 2.24) is 9.80 Å². The number of ether oxygens (including phenoxy) is 1. The second-order valence-electron chi connectivity index (χ2n) is 8.69. The van der Waals surface area contributed by atoms with Crippen LogP contribution in [0.5, 0.6) is 0 Å². The molecule has 1 saturated heterocycles. The van der Waals surface area contributed by atoms with Crippen LogP contribution in [-0.4, -0.2) is 60.6 Å². The van der Waals surface area contributed by atoms with Gasteiger partial charge in [0.05, 0.1) is 6.54 Å². The number of halogens is 1. The van der Waals surface area contributed by atoms with Crippen molar-refractivity contribution in [2.45, 2.75) is 38.0 Å². The van der Waals surface area contributed by atoms with Gasteiger partial charge in [-0.2, -0.15) is 0 Å². The van der Waals surface area contributed by atoms with Crippen LogP contribution in [0, 0.1) is 0 Å². The van der Waals surface area contributed by atoms with Crippen LogP contribution >= 0.6 is 15.9 Å². The number of nitrogens with zero attached hydrogens (tertiary/aromatic N) is 2. The number of urea groups is 1. The van der Waals surface area contributed by atoms with Gasteiger partial charge in [-0.25, -0.2) is 4.79 Å². The molecule has 3 atom stereocenters. The number of hydrogen-bond donors (Lipinski definition) is 2. The van der Waals surface area contributed by atoms with Crippen LogP contribution < -0.4 is 10.6 Å². The molecular formula is C24H29BrN4O3. The molecule has 32 heavy (non-hydrogen) atoms. The van der Waals surface area contributed by atoms with Gasteiger partial charge < -0.3 is 20.3 Å². The Labute approximate surface area is 197 Å². The van der Waals surface area contributed by atoms with Gasteiger partial charge in [0.2, 0.25) is 0 Å². The molecule has 0 saturated carbocycles. The third-order valence-electron chi connectivity index (χ3n) is 6.87. The molecule has 0 aromatic heterocycles. The molecule has 7 nitrogen and oxygen atoms in total. The monoisotopic (exact) mass is 500 g/mol. The summed E-state index contributed by atoms with van der Waals surface area (Å²) in [6.07, 6.45) is 0.559. The van der Waals surface area contributed by atoms with E-state index in [4.69, 9.17) is 4.74 Å². The van der Waals surface area contributed by atoms with Gasteiger partial charge in [0.1, 0.15) is 11.6 Å². The molecule has 2 aliphatic rings. The lowest BCUT2D eigenvalue weighted by Crippen LogP contribution is -2.76. The van der Waals surface area contributed by atoms with Crippen molar-refractivity contribution in [1.29, 1.82) is 0 Å². The number of methoxy groups -OCH3 is 1. The predicted octanol–water partition coefficient (Wildman–Crippen LogP) is 4.26. The maximum Gasteiger partial charge on any atom is 0.322 e. The van der Waals surface area contributed by atoms with Gasteiger partial charge in [-0.1, -0.05) is 22.0 Å². The van der Waals surface area contributed by atoms with Crippen LogP contribution in [0.25, 0.3) is 0 Å². The second-order valence-corrected chi connectivity index (χ2v) is 9.61. The Morgan fingerprint density at radius 1 is 1.12 bits per heavy atom. The minimum Gasteiger partial charge on any atom is -0.377 e. The molecule has 0 radical (unpaired) electrons. The third-order valence-corrected chi connectivity index (χ3v) is 7.40. The van der Waals surface area contributed by atoms with Crippen molar-refractivity contribution < 1.29 is 14.3 Å². The van der Waals surface area contributed by atoms with E-state index in [9.17, 15) is 9.59 Å². The molecule has 0 bridgehead atoms. The molecule has 0 unspecified atom stereocenters. The summed E-state index contributed by atoms with van der Waals surface area (Å²) in [5.74, 6) is -0.262. The van der Waals surface area contributed by atoms with Gasteiger partial charge in [-0.05, 0) is 74.8 Å². The van der Waals surface area contributed by atoms with Gasteiger partial charge >= 0.3 is 6.03 Å². The minimum atomic E-state index is -1.11. The molecule has 2 N–H and O–H groups in total. The first-order valence-electron chi connectivity index (χ1n) is 10.8. The van der Waals surface area contributed by atoms with Gasteiger partial charge in [0.15, 0.2) is 0 Å². The summed E-state index contributed by atoms with van der Waals surface area (Å²) in [6, 6.07) is 13.4. The van der Waals surface area contributed by atoms with Crippen LogP contribution in [0.1, 0.15) is 31.0 Å². The van der Waals surface area contributed by atoms with Crippen LogP contribution in [0.15, 0.2) is 46.9 Å². The van der Waals surface area contributed by atoms with E-state index in [0.29, 0.717) is 18.3 Å². The molecule has 2 aromatic rings. The summed E-state index contributed by atoms with van der Waals surface area (Å²) < 4.78 is 6.45. The van der Waals surface area contributed by atoms with E-state index in [-0.39, 0.29) is 18.0 Å². The average Bonchev–Trinajstić information content (AvgIpc) is 2.77. The van der Waals surface area contributed by atoms with E-state index in [2.05, 4.69) is 51.5 Å². The number of carbonyl (C=O) groups is 2. The highest BCUT2D eigenvalue weighted by atomic mass is 79.9. The number of nitrogens with one attached hydrogen (secondary N) is 2. The first-order valence-corrected chi connectivity index (χ1v) is 11.5. The number of fused-ring (bicyclic) bond motifs is 1. The maximum absolute atomic E-state index is 13.4. The minimum absolute atomic E-state index is 0.262. The zero-order valence-electron chi connectivity index (χ0n) is 18.8. The summed E-state index contributed by atoms with van der Waals surface area (Å²) in [5, 5.41) is 5.89. The molecule has 2 aromatic carbocycles. The highest BCUT2D eigenvalue weighted by Gasteiger charge is 2.58. The highest BCUT2D eigenvalue weighted by molar-refractivity contribution is 9.10. The van der Waals surface area contributed by atoms with E-state index in [0.717, 1.165) is 23.1 Å². The zero-order valence-corrected chi connectivity index (χ0v) is 20.4. The van der Waals surface area contributed by atoms with Gasteiger partial charge in [0.25, 0.3) is 5.91 Å². The molecule has 170 valence electrons. The fraction of sp³-hybridized carbons (Fsp3) is 0.417. The molecule has 4 rings (SSSR count). The number of anilines is 2. The standard InChI is InChI=1S/C24H29BrN4O3/c1-15-20-10-9-19(13-16(20)11-12-28(15)3)26-22(30)24(2)21(32-4)14-29(24)23(31)27-18-7-5-17(25)6-8-18/h5-10,13,15,21H,11-12,14H2,1-4H3,(H,26,30)(H,27,31)/t15-,21+,24-/m1/s1. The van der Waals surface area contributed by atoms with Crippen molar-refractivity contribution in [3.05, 3.63) is 58.1 Å². The Kier molecular flexibility index (Phi) is 6.29. The van der Waals surface area contributed by atoms with Crippen molar-refractivity contribution in [2.24, 2.45) is 0 Å². The number of likely N-dealkylation sites (tertiary alicyclic amines) is 1. The first kappa shape index (κ1) is 22.8. The lowest BCUT2D eigenvalue weighted by Gasteiger charge is -2.53. The van der Waals surface area contributed by atoms with Gasteiger partial charge in [0, 0.05) is 35.5 Å². The summed E-state index contributed by atoms with van der Waals surface area (Å²) in [7, 11) is 3.69. The number of likely N-dealkylation sites (N-methyl/N-ethyl adjacent to an activating group) is 1. The topological polar surface area (TPSA) is 73.9 Å². The molecule has 8 heteroatoms. The van der Waals surface area contributed by atoms with Crippen molar-refractivity contribution >= 4 is 39.2 Å². The summed E-state index contributed by atoms with van der Waals surface area (Å²) >= 11 is 3.39. The van der Waals surface area contributed by atoms with Crippen molar-refractivity contribution in [3.63, 3.8) is 0 Å². The number of amides is 3. The van der Waals surface area contributed by atoms with E-state index in [1.54, 1.807) is 26.2 Å². The van der Waals surface area contributed by atoms with Crippen LogP contribution in [0.2, 0.25) is 0 Å². The van der Waals surface area contributed by atoms with Crippen LogP contribution in [-0.2, 0) is 16.0 Å². The van der Waals surface area contributed by atoms with E-state index in [1.807, 2.05) is 24.3 Å². The third kappa shape index (κ3) is 4.02. The Bertz CT molecular complexity index is 1030. The van der Waals surface area contributed by atoms with E-state index < -0.39 is 5.54 Å². The number of carbonyl (C=O) groups excluding carboxylic acids is 2. The maximum atomic E-state index is 13.4. The Hall–Kier alpha value is -2.42. The molecule has 2 heterocycles. The molecular weight excluding hydrogens is 472 g/mol. The van der Waals surface area contributed by atoms with Crippen LogP contribution in [0.3, 0.4) is 0 Å². The quantitative estimate of drug-likeness (QED) is 0.657. The van der Waals surface area contributed by atoms with Crippen molar-refractivity contribution in [2.75, 3.05) is 37.9 Å². The SMILES string of the molecule is CO[C@H]1CN(C(=O)Nc2ccc(Br)cc2)[C@@]1(C)C(=O)Nc1ccc2c(c1)CCN(C)[C@@H]2C. The second kappa shape index (κ2) is 8.84. The number of hydrogen-bond acceptors (Lipinski definition) is 4. The summed E-state index contributed by atoms with van der Waals surface area (Å²) in [6.45, 7) is 5.27. The number of benzene rings is 2. The Morgan fingerprint density at radius 2 is 1.81 bits per heavy atom. The normalized spacial score (nSPS) is 25.0. The number of rotatable bonds is 4. The smallest absolute Gasteiger partial charge is 0.322 e. The largest absolute Gasteiger partial charge is 0.377 e. The van der Waals surface area contributed by atoms with E-state index in [1.165, 1.54) is 16.0 Å². The zero-order chi connectivity index (χ0) is 23.0. The van der Waals surface area contributed by atoms with Gasteiger partial charge in [-0.15, -0.1) is 0 Å². The summed E-state index contributed by atoms with van der Waals surface area (Å²) in [4.78, 5) is 30.1. The average molecular weight is 501 g/mol. The molecule has 0 aliphatic carbocycles. The fourth-order valence-corrected chi connectivity index (χ4v) is 4.74. The van der Waals surface area contributed by atoms with Crippen LogP contribution in [0.4, 0.5) is 16.2 Å².